The molecule has 0 spiro atoms. The second-order valence-corrected chi connectivity index (χ2v) is 15.4. The van der Waals surface area contributed by atoms with Crippen molar-refractivity contribution in [3.63, 3.8) is 0 Å². The van der Waals surface area contributed by atoms with E-state index < -0.39 is 26.5 Å². The Morgan fingerprint density at radius 1 is 0.544 bits per heavy atom. The number of nitrogens with one attached hydrogen (secondary N) is 1. The van der Waals surface area contributed by atoms with Crippen LogP contribution in [-0.4, -0.2) is 54.3 Å². The molecule has 57 heavy (non-hydrogen) atoms. The Morgan fingerprint density at radius 3 is 1.42 bits per heavy atom. The Labute approximate surface area is 346 Å². The van der Waals surface area contributed by atoms with Gasteiger partial charge >= 0.3 is 13.8 Å². The van der Waals surface area contributed by atoms with Crippen molar-refractivity contribution in [2.75, 3.05) is 26.4 Å². The minimum absolute atomic E-state index is 0.0425. The number of esters is 1. The molecule has 0 aromatic rings. The molecule has 0 heterocycles. The molecule has 0 saturated heterocycles. The van der Waals surface area contributed by atoms with E-state index in [1.54, 1.807) is 0 Å². The molecule has 2 unspecified atom stereocenters. The van der Waals surface area contributed by atoms with E-state index in [0.717, 1.165) is 64.2 Å². The SMILES string of the molecule is CCCCC/C=C\C/C=C\C/C=C\C/C=C\CCCCCC(=O)OCC(O)COP(=O)(O)OCCNC(=O)CCC/C=C\C/C=C\C/C=C\C/C=C\CCCCC. The molecule has 324 valence electrons. The van der Waals surface area contributed by atoms with Crippen molar-refractivity contribution in [1.82, 2.24) is 5.32 Å². The highest BCUT2D eigenvalue weighted by Crippen LogP contribution is 2.42. The Kier molecular flexibility index (Phi) is 40.2. The van der Waals surface area contributed by atoms with Crippen LogP contribution in [0.4, 0.5) is 0 Å². The molecule has 2 atom stereocenters. The fraction of sp³-hybridized carbons (Fsp3) is 0.617. The van der Waals surface area contributed by atoms with Crippen LogP contribution in [-0.2, 0) is 27.9 Å². The van der Waals surface area contributed by atoms with Gasteiger partial charge in [0.05, 0.1) is 13.2 Å². The third kappa shape index (κ3) is 43.9. The van der Waals surface area contributed by atoms with Crippen LogP contribution in [0.1, 0.15) is 155 Å². The molecule has 0 bridgehead atoms. The van der Waals surface area contributed by atoms with Crippen molar-refractivity contribution in [2.24, 2.45) is 0 Å². The maximum absolute atomic E-state index is 12.1. The largest absolute Gasteiger partial charge is 0.472 e. The van der Waals surface area contributed by atoms with Crippen LogP contribution >= 0.6 is 7.82 Å². The fourth-order valence-corrected chi connectivity index (χ4v) is 5.93. The third-order valence-electron chi connectivity index (χ3n) is 8.49. The van der Waals surface area contributed by atoms with E-state index >= 15 is 0 Å². The third-order valence-corrected chi connectivity index (χ3v) is 9.47. The second kappa shape index (κ2) is 42.5. The molecule has 10 heteroatoms. The highest BCUT2D eigenvalue weighted by atomic mass is 31.2. The van der Waals surface area contributed by atoms with Gasteiger partial charge in [-0.2, -0.15) is 0 Å². The van der Waals surface area contributed by atoms with Gasteiger partial charge in [-0.15, -0.1) is 0 Å². The normalized spacial score (nSPS) is 14.2. The molecule has 0 saturated carbocycles. The smallest absolute Gasteiger partial charge is 0.463 e. The summed E-state index contributed by atoms with van der Waals surface area (Å²) in [5.74, 6) is -0.614. The molecule has 1 amide bonds. The Morgan fingerprint density at radius 2 is 0.965 bits per heavy atom. The molecule has 0 aromatic heterocycles. The lowest BCUT2D eigenvalue weighted by Crippen LogP contribution is -2.27. The average molecular weight is 816 g/mol. The number of hydrogen-bond donors (Lipinski definition) is 3. The predicted octanol–water partition coefficient (Wildman–Crippen LogP) is 12.2. The van der Waals surface area contributed by atoms with Crippen molar-refractivity contribution >= 4 is 19.7 Å². The van der Waals surface area contributed by atoms with E-state index in [2.05, 4.69) is 116 Å². The van der Waals surface area contributed by atoms with Crippen LogP contribution in [0.25, 0.3) is 0 Å². The maximum atomic E-state index is 12.1. The Balaban J connectivity index is 3.76. The lowest BCUT2D eigenvalue weighted by molar-refractivity contribution is -0.147. The molecule has 9 nitrogen and oxygen atoms in total. The Bertz CT molecular complexity index is 1250. The number of rotatable bonds is 39. The Hall–Kier alpha value is -3.07. The van der Waals surface area contributed by atoms with Gasteiger partial charge in [-0.3, -0.25) is 18.6 Å². The first-order valence-corrected chi connectivity index (χ1v) is 23.2. The number of aliphatic hydroxyl groups is 1. The van der Waals surface area contributed by atoms with Crippen molar-refractivity contribution in [1.29, 1.82) is 0 Å². The summed E-state index contributed by atoms with van der Waals surface area (Å²) in [5.41, 5.74) is 0. The molecule has 0 radical (unpaired) electrons. The van der Waals surface area contributed by atoms with Crippen LogP contribution < -0.4 is 5.32 Å². The van der Waals surface area contributed by atoms with Crippen molar-refractivity contribution in [3.8, 4) is 0 Å². The maximum Gasteiger partial charge on any atom is 0.472 e. The summed E-state index contributed by atoms with van der Waals surface area (Å²) >= 11 is 0. The van der Waals surface area contributed by atoms with Crippen molar-refractivity contribution in [2.45, 2.75) is 161 Å². The van der Waals surface area contributed by atoms with Crippen LogP contribution in [0.2, 0.25) is 0 Å². The van der Waals surface area contributed by atoms with Gasteiger partial charge in [0.1, 0.15) is 12.7 Å². The molecule has 0 rings (SSSR count). The first-order valence-electron chi connectivity index (χ1n) is 21.7. The zero-order chi connectivity index (χ0) is 41.8. The lowest BCUT2D eigenvalue weighted by atomic mass is 10.1. The van der Waals surface area contributed by atoms with Crippen molar-refractivity contribution in [3.05, 3.63) is 97.2 Å². The van der Waals surface area contributed by atoms with Gasteiger partial charge in [-0.1, -0.05) is 143 Å². The molecular formula is C47H78NO8P. The topological polar surface area (TPSA) is 131 Å². The first-order chi connectivity index (χ1) is 27.8. The molecule has 0 fully saturated rings. The van der Waals surface area contributed by atoms with Gasteiger partial charge in [0.25, 0.3) is 0 Å². The highest BCUT2D eigenvalue weighted by molar-refractivity contribution is 7.47. The highest BCUT2D eigenvalue weighted by Gasteiger charge is 2.23. The number of aliphatic hydroxyl groups excluding tert-OH is 1. The number of allylic oxidation sites excluding steroid dienone is 16. The van der Waals surface area contributed by atoms with E-state index in [1.165, 1.54) is 51.4 Å². The summed E-state index contributed by atoms with van der Waals surface area (Å²) in [6.45, 7) is 3.36. The summed E-state index contributed by atoms with van der Waals surface area (Å²) in [5, 5.41) is 12.7. The standard InChI is InChI=1S/C47H78NO8P/c1-3-5-7-9-11-13-15-17-19-21-22-24-26-28-30-32-34-36-38-40-47(51)54-43-45(49)44-56-57(52,53)55-42-41-48-46(50)39-37-35-33-31-29-27-25-23-20-18-16-14-12-10-8-6-4-2/h11-14,17-20,22,24-25,27-28,30-31,33,45,49H,3-10,15-16,21,23,26,29,32,34-44H2,1-2H3,(H,48,50)(H,52,53)/b13-11-,14-12-,19-17-,20-18-,24-22-,27-25-,30-28-,33-31-. The molecule has 0 aliphatic heterocycles. The van der Waals surface area contributed by atoms with Gasteiger partial charge in [-0.25, -0.2) is 4.57 Å². The fourth-order valence-electron chi connectivity index (χ4n) is 5.18. The quantitative estimate of drug-likeness (QED) is 0.0242. The van der Waals surface area contributed by atoms with Crippen LogP contribution in [0, 0.1) is 0 Å². The monoisotopic (exact) mass is 816 g/mol. The van der Waals surface area contributed by atoms with Gasteiger partial charge in [0, 0.05) is 19.4 Å². The zero-order valence-electron chi connectivity index (χ0n) is 35.5. The van der Waals surface area contributed by atoms with Gasteiger partial charge < -0.3 is 20.1 Å². The minimum Gasteiger partial charge on any atom is -0.463 e. The van der Waals surface area contributed by atoms with Crippen LogP contribution in [0.3, 0.4) is 0 Å². The molecule has 0 aliphatic rings. The van der Waals surface area contributed by atoms with E-state index in [9.17, 15) is 24.2 Å². The van der Waals surface area contributed by atoms with E-state index in [4.69, 9.17) is 13.8 Å². The summed E-state index contributed by atoms with van der Waals surface area (Å²) in [4.78, 5) is 33.9. The number of carbonyl (C=O) groups is 2. The molecule has 0 aromatic carbocycles. The second-order valence-electron chi connectivity index (χ2n) is 14.0. The van der Waals surface area contributed by atoms with E-state index in [-0.39, 0.29) is 32.1 Å². The molecule has 3 N–H and O–H groups in total. The number of hydrogen-bond acceptors (Lipinski definition) is 7. The zero-order valence-corrected chi connectivity index (χ0v) is 36.4. The number of unbranched alkanes of at least 4 members (excludes halogenated alkanes) is 10. The van der Waals surface area contributed by atoms with Crippen LogP contribution in [0.15, 0.2) is 97.2 Å². The molecule has 0 aliphatic carbocycles. The van der Waals surface area contributed by atoms with E-state index in [0.29, 0.717) is 19.3 Å². The predicted molar refractivity (Wildman–Crippen MR) is 238 cm³/mol. The number of ether oxygens (including phenoxy) is 1. The first kappa shape index (κ1) is 53.9. The van der Waals surface area contributed by atoms with Crippen molar-refractivity contribution < 1.29 is 37.9 Å². The summed E-state index contributed by atoms with van der Waals surface area (Å²) in [6, 6.07) is 0. The molecular weight excluding hydrogens is 737 g/mol. The van der Waals surface area contributed by atoms with E-state index in [1.807, 2.05) is 0 Å². The lowest BCUT2D eigenvalue weighted by Gasteiger charge is -2.15. The van der Waals surface area contributed by atoms with Gasteiger partial charge in [0.15, 0.2) is 0 Å². The minimum atomic E-state index is -4.45. The summed E-state index contributed by atoms with van der Waals surface area (Å²) < 4.78 is 26.8. The van der Waals surface area contributed by atoms with Crippen LogP contribution in [0.5, 0.6) is 0 Å². The average Bonchev–Trinajstić information content (AvgIpc) is 3.20. The summed E-state index contributed by atoms with van der Waals surface area (Å²) in [6.07, 6.45) is 54.8. The van der Waals surface area contributed by atoms with Gasteiger partial charge in [0.2, 0.25) is 5.91 Å². The number of carbonyl (C=O) groups excluding carboxylic acids is 2. The number of amides is 1. The van der Waals surface area contributed by atoms with Gasteiger partial charge in [-0.05, 0) is 96.3 Å². The summed E-state index contributed by atoms with van der Waals surface area (Å²) in [7, 11) is -4.45. The number of phosphoric ester groups is 1. The number of phosphoric acid groups is 1.